The molecular weight excluding hydrogens is 200 g/mol. The van der Waals surface area contributed by atoms with Gasteiger partial charge >= 0.3 is 0 Å². The Bertz CT molecular complexity index is 350. The Morgan fingerprint density at radius 3 is 2.93 bits per heavy atom. The van der Waals surface area contributed by atoms with E-state index in [1.807, 2.05) is 0 Å². The minimum atomic E-state index is 0.0611. The van der Waals surface area contributed by atoms with Gasteiger partial charge in [-0.1, -0.05) is 18.0 Å². The summed E-state index contributed by atoms with van der Waals surface area (Å²) in [5.74, 6) is 0.774. The number of hydrogen-bond acceptors (Lipinski definition) is 2. The molecule has 1 N–H and O–H groups in total. The fourth-order valence-electron chi connectivity index (χ4n) is 1.37. The number of nitrogens with one attached hydrogen (secondary N) is 1. The lowest BCUT2D eigenvalue weighted by Crippen LogP contribution is -2.28. The van der Waals surface area contributed by atoms with Gasteiger partial charge in [0.1, 0.15) is 5.82 Å². The third kappa shape index (κ3) is 2.04. The Labute approximate surface area is 87.5 Å². The number of hydrogen-bond donors (Lipinski definition) is 1. The summed E-state index contributed by atoms with van der Waals surface area (Å²) >= 11 is 5.76. The van der Waals surface area contributed by atoms with Gasteiger partial charge in [-0.3, -0.25) is 4.79 Å². The normalized spacial score (nSPS) is 16.1. The first-order valence-corrected chi connectivity index (χ1v) is 5.06. The third-order valence-corrected chi connectivity index (χ3v) is 2.68. The van der Waals surface area contributed by atoms with Crippen LogP contribution < -0.4 is 5.32 Å². The Hall–Kier alpha value is -1.09. The Balaban J connectivity index is 1.99. The number of rotatable bonds is 2. The molecule has 1 heterocycles. The molecule has 1 saturated carbocycles. The highest BCUT2D eigenvalue weighted by Crippen LogP contribution is 2.27. The monoisotopic (exact) mass is 210 g/mol. The summed E-state index contributed by atoms with van der Waals surface area (Å²) in [5, 5.41) is 3.34. The second kappa shape index (κ2) is 3.96. The second-order valence-corrected chi connectivity index (χ2v) is 3.91. The van der Waals surface area contributed by atoms with Crippen LogP contribution in [0.2, 0.25) is 5.02 Å². The number of pyridine rings is 1. The fraction of sp³-hybridized carbons (Fsp3) is 0.400. The van der Waals surface area contributed by atoms with Gasteiger partial charge in [0.15, 0.2) is 0 Å². The predicted octanol–water partition coefficient (Wildman–Crippen LogP) is 2.47. The maximum atomic E-state index is 11.5. The van der Waals surface area contributed by atoms with Crippen LogP contribution in [0.4, 0.5) is 5.82 Å². The van der Waals surface area contributed by atoms with Gasteiger partial charge in [-0.2, -0.15) is 0 Å². The Morgan fingerprint density at radius 2 is 2.36 bits per heavy atom. The van der Waals surface area contributed by atoms with Crippen LogP contribution in [-0.2, 0) is 4.79 Å². The molecular formula is C10H11ClN2O. The van der Waals surface area contributed by atoms with Crippen molar-refractivity contribution in [3.8, 4) is 0 Å². The maximum Gasteiger partial charge on any atom is 0.228 e. The summed E-state index contributed by atoms with van der Waals surface area (Å²) in [6.45, 7) is 0. The SMILES string of the molecule is O=C(Nc1cc(Cl)ccn1)C1CCC1. The van der Waals surface area contributed by atoms with Crippen molar-refractivity contribution in [1.82, 2.24) is 4.98 Å². The molecule has 0 aliphatic heterocycles. The van der Waals surface area contributed by atoms with Crippen molar-refractivity contribution in [3.05, 3.63) is 23.4 Å². The number of anilines is 1. The van der Waals surface area contributed by atoms with Crippen molar-refractivity contribution in [2.24, 2.45) is 5.92 Å². The van der Waals surface area contributed by atoms with Crippen molar-refractivity contribution in [3.63, 3.8) is 0 Å². The molecule has 74 valence electrons. The van der Waals surface area contributed by atoms with Crippen LogP contribution in [0.5, 0.6) is 0 Å². The van der Waals surface area contributed by atoms with Gasteiger partial charge in [0, 0.05) is 17.1 Å². The molecule has 14 heavy (non-hydrogen) atoms. The molecule has 0 bridgehead atoms. The lowest BCUT2D eigenvalue weighted by atomic mass is 9.85. The van der Waals surface area contributed by atoms with E-state index in [-0.39, 0.29) is 11.8 Å². The zero-order valence-electron chi connectivity index (χ0n) is 7.66. The predicted molar refractivity (Wildman–Crippen MR) is 55.2 cm³/mol. The molecule has 4 heteroatoms. The van der Waals surface area contributed by atoms with Crippen molar-refractivity contribution < 1.29 is 4.79 Å². The van der Waals surface area contributed by atoms with Crippen LogP contribution in [0.15, 0.2) is 18.3 Å². The van der Waals surface area contributed by atoms with E-state index in [1.165, 1.54) is 0 Å². The van der Waals surface area contributed by atoms with Gasteiger partial charge in [-0.05, 0) is 25.0 Å². The fourth-order valence-corrected chi connectivity index (χ4v) is 1.53. The molecule has 1 aliphatic carbocycles. The number of amides is 1. The van der Waals surface area contributed by atoms with Gasteiger partial charge in [0.25, 0.3) is 0 Å². The van der Waals surface area contributed by atoms with Crippen LogP contribution in [0, 0.1) is 5.92 Å². The topological polar surface area (TPSA) is 42.0 Å². The van der Waals surface area contributed by atoms with E-state index in [2.05, 4.69) is 10.3 Å². The summed E-state index contributed by atoms with van der Waals surface area (Å²) < 4.78 is 0. The molecule has 2 rings (SSSR count). The lowest BCUT2D eigenvalue weighted by molar-refractivity contribution is -0.122. The van der Waals surface area contributed by atoms with E-state index in [0.717, 1.165) is 19.3 Å². The minimum absolute atomic E-state index is 0.0611. The standard InChI is InChI=1S/C10H11ClN2O/c11-8-4-5-12-9(6-8)13-10(14)7-2-1-3-7/h4-7H,1-3H2,(H,12,13,14). The first-order chi connectivity index (χ1) is 6.75. The van der Waals surface area contributed by atoms with Crippen molar-refractivity contribution in [1.29, 1.82) is 0 Å². The molecule has 1 fully saturated rings. The van der Waals surface area contributed by atoms with Crippen LogP contribution in [0.1, 0.15) is 19.3 Å². The lowest BCUT2D eigenvalue weighted by Gasteiger charge is -2.23. The number of halogens is 1. The van der Waals surface area contributed by atoms with Crippen LogP contribution in [0.25, 0.3) is 0 Å². The van der Waals surface area contributed by atoms with Crippen molar-refractivity contribution in [2.75, 3.05) is 5.32 Å². The number of nitrogens with zero attached hydrogens (tertiary/aromatic N) is 1. The molecule has 1 aromatic rings. The number of carbonyl (C=O) groups excluding carboxylic acids is 1. The number of carbonyl (C=O) groups is 1. The summed E-state index contributed by atoms with van der Waals surface area (Å²) in [6.07, 6.45) is 4.72. The first kappa shape index (κ1) is 9.46. The van der Waals surface area contributed by atoms with Gasteiger partial charge < -0.3 is 5.32 Å². The van der Waals surface area contributed by atoms with Gasteiger partial charge in [0.05, 0.1) is 0 Å². The summed E-state index contributed by atoms with van der Waals surface area (Å²) in [5.41, 5.74) is 0. The molecule has 0 unspecified atom stereocenters. The second-order valence-electron chi connectivity index (χ2n) is 3.48. The molecule has 0 atom stereocenters. The van der Waals surface area contributed by atoms with Crippen LogP contribution >= 0.6 is 11.6 Å². The molecule has 1 aromatic heterocycles. The summed E-state index contributed by atoms with van der Waals surface area (Å²) in [6, 6.07) is 3.33. The molecule has 1 aliphatic rings. The van der Waals surface area contributed by atoms with Crippen molar-refractivity contribution >= 4 is 23.3 Å². The average Bonchev–Trinajstić information content (AvgIpc) is 1.99. The van der Waals surface area contributed by atoms with Crippen LogP contribution in [0.3, 0.4) is 0 Å². The highest BCUT2D eigenvalue weighted by molar-refractivity contribution is 6.30. The van der Waals surface area contributed by atoms with E-state index >= 15 is 0 Å². The molecule has 0 aromatic carbocycles. The smallest absolute Gasteiger partial charge is 0.228 e. The van der Waals surface area contributed by atoms with E-state index in [9.17, 15) is 4.79 Å². The van der Waals surface area contributed by atoms with E-state index < -0.39 is 0 Å². The highest BCUT2D eigenvalue weighted by atomic mass is 35.5. The third-order valence-electron chi connectivity index (χ3n) is 2.45. The first-order valence-electron chi connectivity index (χ1n) is 4.68. The molecule has 1 amide bonds. The summed E-state index contributed by atoms with van der Waals surface area (Å²) in [4.78, 5) is 15.5. The number of aromatic nitrogens is 1. The van der Waals surface area contributed by atoms with Gasteiger partial charge in [-0.15, -0.1) is 0 Å². The zero-order valence-corrected chi connectivity index (χ0v) is 8.42. The van der Waals surface area contributed by atoms with E-state index in [4.69, 9.17) is 11.6 Å². The van der Waals surface area contributed by atoms with Crippen LogP contribution in [-0.4, -0.2) is 10.9 Å². The summed E-state index contributed by atoms with van der Waals surface area (Å²) in [7, 11) is 0. The Kier molecular flexibility index (Phi) is 2.68. The van der Waals surface area contributed by atoms with Crippen molar-refractivity contribution in [2.45, 2.75) is 19.3 Å². The minimum Gasteiger partial charge on any atom is -0.310 e. The highest BCUT2D eigenvalue weighted by Gasteiger charge is 2.25. The van der Waals surface area contributed by atoms with E-state index in [0.29, 0.717) is 10.8 Å². The molecule has 0 saturated heterocycles. The molecule has 0 radical (unpaired) electrons. The van der Waals surface area contributed by atoms with E-state index in [1.54, 1.807) is 18.3 Å². The quantitative estimate of drug-likeness (QED) is 0.815. The maximum absolute atomic E-state index is 11.5. The van der Waals surface area contributed by atoms with Gasteiger partial charge in [-0.25, -0.2) is 4.98 Å². The van der Waals surface area contributed by atoms with Gasteiger partial charge in [0.2, 0.25) is 5.91 Å². The average molecular weight is 211 g/mol. The molecule has 0 spiro atoms. The Morgan fingerprint density at radius 1 is 1.57 bits per heavy atom. The molecule has 3 nitrogen and oxygen atoms in total. The largest absolute Gasteiger partial charge is 0.310 e. The zero-order chi connectivity index (χ0) is 9.97.